The maximum atomic E-state index is 12.8. The fraction of sp³-hybridized carbons (Fsp3) is 0.0714. The maximum Gasteiger partial charge on any atom is 0.264 e. The Bertz CT molecular complexity index is 729. The minimum absolute atomic E-state index is 0.0817. The van der Waals surface area contributed by atoms with Crippen molar-refractivity contribution in [2.45, 2.75) is 11.4 Å². The van der Waals surface area contributed by atoms with Gasteiger partial charge in [0.2, 0.25) is 5.96 Å². The quantitative estimate of drug-likeness (QED) is 0.665. The average molecular weight is 307 g/mol. The van der Waals surface area contributed by atoms with Crippen molar-refractivity contribution >= 4 is 16.0 Å². The van der Waals surface area contributed by atoms with Crippen molar-refractivity contribution in [3.8, 4) is 0 Å². The van der Waals surface area contributed by atoms with E-state index in [1.807, 2.05) is 30.3 Å². The highest BCUT2D eigenvalue weighted by molar-refractivity contribution is 7.90. The van der Waals surface area contributed by atoms with Gasteiger partial charge in [-0.15, -0.1) is 0 Å². The monoisotopic (exact) mass is 307 g/mol. The van der Waals surface area contributed by atoms with Crippen LogP contribution in [0, 0.1) is 5.82 Å². The Labute approximate surface area is 122 Å². The third kappa shape index (κ3) is 4.28. The van der Waals surface area contributed by atoms with E-state index in [1.54, 1.807) is 0 Å². The summed E-state index contributed by atoms with van der Waals surface area (Å²) in [5.41, 5.74) is 6.46. The Morgan fingerprint density at radius 2 is 1.71 bits per heavy atom. The number of rotatable bonds is 4. The minimum Gasteiger partial charge on any atom is -0.369 e. The van der Waals surface area contributed by atoms with E-state index in [2.05, 4.69) is 9.71 Å². The number of aliphatic imine (C=N–C) groups is 1. The average Bonchev–Trinajstić information content (AvgIpc) is 2.46. The number of halogens is 1. The molecule has 2 aromatic carbocycles. The van der Waals surface area contributed by atoms with Gasteiger partial charge in [-0.3, -0.25) is 0 Å². The highest BCUT2D eigenvalue weighted by atomic mass is 32.2. The second-order valence-corrected chi connectivity index (χ2v) is 5.93. The van der Waals surface area contributed by atoms with Crippen LogP contribution in [0.3, 0.4) is 0 Å². The second-order valence-electron chi connectivity index (χ2n) is 4.25. The molecule has 5 nitrogen and oxygen atoms in total. The molecule has 0 fully saturated rings. The molecule has 0 saturated carbocycles. The van der Waals surface area contributed by atoms with E-state index >= 15 is 0 Å². The zero-order valence-corrected chi connectivity index (χ0v) is 11.8. The summed E-state index contributed by atoms with van der Waals surface area (Å²) in [6.07, 6.45) is 0. The summed E-state index contributed by atoms with van der Waals surface area (Å²) >= 11 is 0. The van der Waals surface area contributed by atoms with Gasteiger partial charge >= 0.3 is 0 Å². The molecule has 0 heterocycles. The van der Waals surface area contributed by atoms with E-state index in [0.29, 0.717) is 0 Å². The van der Waals surface area contributed by atoms with Gasteiger partial charge in [-0.1, -0.05) is 30.3 Å². The van der Waals surface area contributed by atoms with Crippen LogP contribution < -0.4 is 10.5 Å². The summed E-state index contributed by atoms with van der Waals surface area (Å²) in [4.78, 5) is 3.87. The predicted molar refractivity (Wildman–Crippen MR) is 78.5 cm³/mol. The standard InChI is InChI=1S/C14H14FN3O2S/c15-12-6-8-13(9-7-12)21(19,20)18-14(16)17-10-11-4-2-1-3-5-11/h1-9H,10H2,(H3,16,17,18). The molecule has 0 saturated heterocycles. The van der Waals surface area contributed by atoms with Crippen molar-refractivity contribution in [1.29, 1.82) is 0 Å². The summed E-state index contributed by atoms with van der Waals surface area (Å²) in [6.45, 7) is 0.263. The molecular weight excluding hydrogens is 293 g/mol. The van der Waals surface area contributed by atoms with Gasteiger partial charge in [-0.05, 0) is 29.8 Å². The lowest BCUT2D eigenvalue weighted by Gasteiger charge is -2.07. The Morgan fingerprint density at radius 3 is 2.33 bits per heavy atom. The van der Waals surface area contributed by atoms with Gasteiger partial charge in [-0.2, -0.15) is 0 Å². The van der Waals surface area contributed by atoms with Crippen LogP contribution in [0.4, 0.5) is 4.39 Å². The van der Waals surface area contributed by atoms with Crippen molar-refractivity contribution in [1.82, 2.24) is 4.72 Å². The number of guanidine groups is 1. The lowest BCUT2D eigenvalue weighted by atomic mass is 10.2. The molecule has 2 aromatic rings. The molecule has 0 aliphatic heterocycles. The number of nitrogens with two attached hydrogens (primary N) is 1. The van der Waals surface area contributed by atoms with Crippen molar-refractivity contribution in [2.75, 3.05) is 0 Å². The van der Waals surface area contributed by atoms with Crippen molar-refractivity contribution in [3.63, 3.8) is 0 Å². The lowest BCUT2D eigenvalue weighted by molar-refractivity contribution is 0.591. The maximum absolute atomic E-state index is 12.8. The van der Waals surface area contributed by atoms with Crippen LogP contribution in [0.25, 0.3) is 0 Å². The molecular formula is C14H14FN3O2S. The minimum atomic E-state index is -3.85. The first-order valence-corrected chi connectivity index (χ1v) is 7.58. The van der Waals surface area contributed by atoms with Crippen LogP contribution in [-0.2, 0) is 16.6 Å². The van der Waals surface area contributed by atoms with E-state index in [9.17, 15) is 12.8 Å². The highest BCUT2D eigenvalue weighted by Crippen LogP contribution is 2.09. The van der Waals surface area contributed by atoms with Crippen LogP contribution in [0.2, 0.25) is 0 Å². The number of benzene rings is 2. The number of nitrogens with zero attached hydrogens (tertiary/aromatic N) is 1. The zero-order valence-electron chi connectivity index (χ0n) is 11.0. The van der Waals surface area contributed by atoms with Gasteiger partial charge in [0.1, 0.15) is 5.82 Å². The molecule has 0 aliphatic rings. The Kier molecular flexibility index (Phi) is 4.54. The number of hydrogen-bond acceptors (Lipinski definition) is 3. The predicted octanol–water partition coefficient (Wildman–Crippen LogP) is 1.62. The van der Waals surface area contributed by atoms with Gasteiger partial charge in [0.25, 0.3) is 10.0 Å². The van der Waals surface area contributed by atoms with Gasteiger partial charge in [0.05, 0.1) is 11.4 Å². The summed E-state index contributed by atoms with van der Waals surface area (Å²) in [7, 11) is -3.85. The summed E-state index contributed by atoms with van der Waals surface area (Å²) in [5, 5.41) is 0. The third-order valence-corrected chi connectivity index (χ3v) is 4.01. The van der Waals surface area contributed by atoms with Crippen molar-refractivity contribution in [2.24, 2.45) is 10.7 Å². The molecule has 2 rings (SSSR count). The van der Waals surface area contributed by atoms with E-state index in [-0.39, 0.29) is 17.4 Å². The first-order valence-electron chi connectivity index (χ1n) is 6.09. The topological polar surface area (TPSA) is 84.5 Å². The van der Waals surface area contributed by atoms with E-state index < -0.39 is 15.8 Å². The first kappa shape index (κ1) is 15.0. The molecule has 0 unspecified atom stereocenters. The van der Waals surface area contributed by atoms with Crippen LogP contribution in [0.15, 0.2) is 64.5 Å². The molecule has 3 N–H and O–H groups in total. The molecule has 0 aromatic heterocycles. The van der Waals surface area contributed by atoms with E-state index in [4.69, 9.17) is 5.73 Å². The number of sulfonamides is 1. The number of nitrogens with one attached hydrogen (secondary N) is 1. The van der Waals surface area contributed by atoms with Crippen LogP contribution in [0.5, 0.6) is 0 Å². The van der Waals surface area contributed by atoms with Gasteiger partial charge in [0.15, 0.2) is 0 Å². The molecule has 0 aliphatic carbocycles. The van der Waals surface area contributed by atoms with Crippen LogP contribution >= 0.6 is 0 Å². The Morgan fingerprint density at radius 1 is 1.10 bits per heavy atom. The normalized spacial score (nSPS) is 12.1. The van der Waals surface area contributed by atoms with Gasteiger partial charge in [0, 0.05) is 0 Å². The first-order chi connectivity index (χ1) is 9.97. The molecule has 0 bridgehead atoms. The lowest BCUT2D eigenvalue weighted by Crippen LogP contribution is -2.36. The van der Waals surface area contributed by atoms with Crippen molar-refractivity contribution < 1.29 is 12.8 Å². The molecule has 0 amide bonds. The third-order valence-electron chi connectivity index (χ3n) is 2.64. The highest BCUT2D eigenvalue weighted by Gasteiger charge is 2.14. The van der Waals surface area contributed by atoms with E-state index in [1.165, 1.54) is 0 Å². The molecule has 110 valence electrons. The summed E-state index contributed by atoms with van der Waals surface area (Å²) < 4.78 is 38.9. The van der Waals surface area contributed by atoms with Gasteiger partial charge < -0.3 is 5.73 Å². The molecule has 21 heavy (non-hydrogen) atoms. The molecule has 0 spiro atoms. The smallest absolute Gasteiger partial charge is 0.264 e. The van der Waals surface area contributed by atoms with E-state index in [0.717, 1.165) is 29.8 Å². The van der Waals surface area contributed by atoms with Crippen LogP contribution in [0.1, 0.15) is 5.56 Å². The Balaban J connectivity index is 2.07. The van der Waals surface area contributed by atoms with Crippen LogP contribution in [-0.4, -0.2) is 14.4 Å². The molecule has 7 heteroatoms. The fourth-order valence-corrected chi connectivity index (χ4v) is 2.55. The summed E-state index contributed by atoms with van der Waals surface area (Å²) in [5.74, 6) is -0.733. The van der Waals surface area contributed by atoms with Gasteiger partial charge in [-0.25, -0.2) is 22.5 Å². The van der Waals surface area contributed by atoms with Crippen molar-refractivity contribution in [3.05, 3.63) is 66.0 Å². The second kappa shape index (κ2) is 6.36. The zero-order chi connectivity index (χ0) is 15.3. The molecule has 0 radical (unpaired) electrons. The molecule has 0 atom stereocenters. The fourth-order valence-electron chi connectivity index (χ4n) is 1.60. The number of hydrogen-bond donors (Lipinski definition) is 2. The largest absolute Gasteiger partial charge is 0.369 e. The SMILES string of the molecule is NC(=NCc1ccccc1)NS(=O)(=O)c1ccc(F)cc1. The summed E-state index contributed by atoms with van der Waals surface area (Å²) in [6, 6.07) is 13.7. The Hall–Kier alpha value is -2.41.